The fraction of sp³-hybridized carbons (Fsp3) is 0.100. The highest BCUT2D eigenvalue weighted by atomic mass is 19.4. The summed E-state index contributed by atoms with van der Waals surface area (Å²) in [6, 6.07) is 15.7. The quantitative estimate of drug-likeness (QED) is 0.679. The lowest BCUT2D eigenvalue weighted by molar-refractivity contribution is -0.137. The smallest absolute Gasteiger partial charge is 0.355 e. The zero-order valence-electron chi connectivity index (χ0n) is 14.1. The van der Waals surface area contributed by atoms with E-state index in [-0.39, 0.29) is 17.2 Å². The molecule has 0 radical (unpaired) electrons. The van der Waals surface area contributed by atoms with Crippen LogP contribution in [-0.4, -0.2) is 10.9 Å². The van der Waals surface area contributed by atoms with Crippen LogP contribution in [-0.2, 0) is 12.7 Å². The summed E-state index contributed by atoms with van der Waals surface area (Å²) in [6.45, 7) is 0.331. The second-order valence-electron chi connectivity index (χ2n) is 5.79. The van der Waals surface area contributed by atoms with Gasteiger partial charge in [-0.2, -0.15) is 13.2 Å². The van der Waals surface area contributed by atoms with Crippen LogP contribution in [0.15, 0.2) is 73.1 Å². The fourth-order valence-electron chi connectivity index (χ4n) is 2.49. The van der Waals surface area contributed by atoms with Gasteiger partial charge in [0.15, 0.2) is 0 Å². The first-order chi connectivity index (χ1) is 12.9. The minimum atomic E-state index is -4.44. The van der Waals surface area contributed by atoms with Crippen LogP contribution < -0.4 is 10.6 Å². The fourth-order valence-corrected chi connectivity index (χ4v) is 2.49. The highest BCUT2D eigenvalue weighted by Crippen LogP contribution is 2.31. The number of aromatic nitrogens is 1. The van der Waals surface area contributed by atoms with Gasteiger partial charge in [0.1, 0.15) is 0 Å². The van der Waals surface area contributed by atoms with Crippen molar-refractivity contribution in [2.24, 2.45) is 0 Å². The Morgan fingerprint density at radius 2 is 1.78 bits per heavy atom. The molecule has 0 unspecified atom stereocenters. The number of alkyl halides is 3. The van der Waals surface area contributed by atoms with E-state index in [9.17, 15) is 18.0 Å². The van der Waals surface area contributed by atoms with Crippen LogP contribution >= 0.6 is 0 Å². The number of benzene rings is 2. The molecule has 2 aromatic carbocycles. The first-order valence-electron chi connectivity index (χ1n) is 8.14. The molecular weight excluding hydrogens is 355 g/mol. The van der Waals surface area contributed by atoms with Gasteiger partial charge in [-0.15, -0.1) is 0 Å². The Balaban J connectivity index is 1.77. The van der Waals surface area contributed by atoms with Gasteiger partial charge in [0.2, 0.25) is 0 Å². The number of nitrogens with zero attached hydrogens (tertiary/aromatic N) is 1. The van der Waals surface area contributed by atoms with Crippen molar-refractivity contribution < 1.29 is 18.0 Å². The van der Waals surface area contributed by atoms with E-state index >= 15 is 0 Å². The third kappa shape index (κ3) is 4.84. The Hall–Kier alpha value is -3.35. The molecule has 0 spiro atoms. The number of carbonyl (C=O) groups is 1. The van der Waals surface area contributed by atoms with Gasteiger partial charge >= 0.3 is 6.18 Å². The van der Waals surface area contributed by atoms with E-state index in [1.54, 1.807) is 0 Å². The molecule has 3 rings (SSSR count). The number of halogens is 3. The molecule has 2 N–H and O–H groups in total. The predicted molar refractivity (Wildman–Crippen MR) is 96.6 cm³/mol. The van der Waals surface area contributed by atoms with Gasteiger partial charge in [-0.25, -0.2) is 0 Å². The SMILES string of the molecule is O=C(NCc1ccccc1)c1cnccc1Nc1cccc(C(F)(F)F)c1. The minimum absolute atomic E-state index is 0.230. The molecule has 7 heteroatoms. The number of hydrogen-bond acceptors (Lipinski definition) is 3. The molecule has 0 bridgehead atoms. The predicted octanol–water partition coefficient (Wildman–Crippen LogP) is 4.77. The summed E-state index contributed by atoms with van der Waals surface area (Å²) < 4.78 is 38.6. The lowest BCUT2D eigenvalue weighted by Crippen LogP contribution is -2.23. The summed E-state index contributed by atoms with van der Waals surface area (Å²) in [6.07, 6.45) is -1.61. The molecule has 1 amide bonds. The molecule has 3 aromatic rings. The van der Waals surface area contributed by atoms with E-state index < -0.39 is 11.7 Å². The van der Waals surface area contributed by atoms with Crippen molar-refractivity contribution in [3.63, 3.8) is 0 Å². The van der Waals surface area contributed by atoms with E-state index in [0.717, 1.165) is 17.7 Å². The lowest BCUT2D eigenvalue weighted by Gasteiger charge is -2.13. The van der Waals surface area contributed by atoms with Crippen LogP contribution in [0.4, 0.5) is 24.5 Å². The van der Waals surface area contributed by atoms with E-state index in [4.69, 9.17) is 0 Å². The van der Waals surface area contributed by atoms with Crippen LogP contribution in [0.25, 0.3) is 0 Å². The molecule has 0 fully saturated rings. The molecule has 0 aliphatic heterocycles. The van der Waals surface area contributed by atoms with Gasteiger partial charge in [-0.05, 0) is 29.8 Å². The summed E-state index contributed by atoms with van der Waals surface area (Å²) in [5.74, 6) is -0.374. The van der Waals surface area contributed by atoms with Crippen molar-refractivity contribution in [1.82, 2.24) is 10.3 Å². The van der Waals surface area contributed by atoms with Crippen LogP contribution in [0.1, 0.15) is 21.5 Å². The Kier molecular flexibility index (Phi) is 5.40. The number of pyridine rings is 1. The molecule has 0 atom stereocenters. The summed E-state index contributed by atoms with van der Waals surface area (Å²) in [4.78, 5) is 16.4. The van der Waals surface area contributed by atoms with Gasteiger partial charge < -0.3 is 10.6 Å². The third-order valence-corrected chi connectivity index (χ3v) is 3.83. The standard InChI is InChI=1S/C20H16F3N3O/c21-20(22,23)15-7-4-8-16(11-15)26-18-9-10-24-13-17(18)19(27)25-12-14-5-2-1-3-6-14/h1-11,13H,12H2,(H,24,26)(H,25,27). The molecule has 27 heavy (non-hydrogen) atoms. The summed E-state index contributed by atoms with van der Waals surface area (Å²) in [5, 5.41) is 5.64. The normalized spacial score (nSPS) is 11.1. The Labute approximate surface area is 154 Å². The highest BCUT2D eigenvalue weighted by Gasteiger charge is 2.30. The molecule has 1 aromatic heterocycles. The van der Waals surface area contributed by atoms with Crippen molar-refractivity contribution >= 4 is 17.3 Å². The second-order valence-corrected chi connectivity index (χ2v) is 5.79. The van der Waals surface area contributed by atoms with Gasteiger partial charge in [-0.1, -0.05) is 36.4 Å². The average Bonchev–Trinajstić information content (AvgIpc) is 2.67. The van der Waals surface area contributed by atoms with Crippen molar-refractivity contribution in [2.75, 3.05) is 5.32 Å². The molecule has 0 saturated heterocycles. The Morgan fingerprint density at radius 3 is 2.52 bits per heavy atom. The van der Waals surface area contributed by atoms with Crippen LogP contribution in [0.2, 0.25) is 0 Å². The number of carbonyl (C=O) groups excluding carboxylic acids is 1. The maximum absolute atomic E-state index is 12.9. The highest BCUT2D eigenvalue weighted by molar-refractivity contribution is 5.99. The van der Waals surface area contributed by atoms with Gasteiger partial charge in [0, 0.05) is 24.6 Å². The Bertz CT molecular complexity index is 927. The zero-order valence-corrected chi connectivity index (χ0v) is 14.1. The van der Waals surface area contributed by atoms with E-state index in [1.165, 1.54) is 30.6 Å². The summed E-state index contributed by atoms with van der Waals surface area (Å²) in [5.41, 5.74) is 1.01. The maximum Gasteiger partial charge on any atom is 0.416 e. The monoisotopic (exact) mass is 371 g/mol. The average molecular weight is 371 g/mol. The van der Waals surface area contributed by atoms with Gasteiger partial charge in [-0.3, -0.25) is 9.78 Å². The minimum Gasteiger partial charge on any atom is -0.355 e. The van der Waals surface area contributed by atoms with Crippen molar-refractivity contribution in [1.29, 1.82) is 0 Å². The molecule has 0 saturated carbocycles. The maximum atomic E-state index is 12.9. The number of amides is 1. The molecule has 0 aliphatic rings. The summed E-state index contributed by atoms with van der Waals surface area (Å²) >= 11 is 0. The van der Waals surface area contributed by atoms with E-state index in [2.05, 4.69) is 15.6 Å². The molecule has 0 aliphatic carbocycles. The first kappa shape index (κ1) is 18.4. The second kappa shape index (κ2) is 7.90. The van der Waals surface area contributed by atoms with Crippen molar-refractivity contribution in [3.8, 4) is 0 Å². The number of nitrogens with one attached hydrogen (secondary N) is 2. The molecule has 1 heterocycles. The number of hydrogen-bond donors (Lipinski definition) is 2. The largest absolute Gasteiger partial charge is 0.416 e. The van der Waals surface area contributed by atoms with E-state index in [0.29, 0.717) is 12.2 Å². The Morgan fingerprint density at radius 1 is 1.00 bits per heavy atom. The van der Waals surface area contributed by atoms with Gasteiger partial charge in [0.25, 0.3) is 5.91 Å². The summed E-state index contributed by atoms with van der Waals surface area (Å²) in [7, 11) is 0. The molecule has 4 nitrogen and oxygen atoms in total. The van der Waals surface area contributed by atoms with Crippen molar-refractivity contribution in [2.45, 2.75) is 12.7 Å². The van der Waals surface area contributed by atoms with E-state index in [1.807, 2.05) is 30.3 Å². The first-order valence-corrected chi connectivity index (χ1v) is 8.14. The number of rotatable bonds is 5. The molecular formula is C20H16F3N3O. The number of anilines is 2. The third-order valence-electron chi connectivity index (χ3n) is 3.83. The molecule has 138 valence electrons. The van der Waals surface area contributed by atoms with Crippen LogP contribution in [0.5, 0.6) is 0 Å². The van der Waals surface area contributed by atoms with Crippen molar-refractivity contribution in [3.05, 3.63) is 89.7 Å². The topological polar surface area (TPSA) is 54.0 Å². The van der Waals surface area contributed by atoms with Crippen LogP contribution in [0, 0.1) is 0 Å². The van der Waals surface area contributed by atoms with Crippen LogP contribution in [0.3, 0.4) is 0 Å². The van der Waals surface area contributed by atoms with Gasteiger partial charge in [0.05, 0.1) is 16.8 Å². The lowest BCUT2D eigenvalue weighted by atomic mass is 10.1. The zero-order chi connectivity index (χ0) is 19.3.